The van der Waals surface area contributed by atoms with Gasteiger partial charge >= 0.3 is 6.09 Å². The fourth-order valence-electron chi connectivity index (χ4n) is 3.29. The number of amides is 1. The van der Waals surface area contributed by atoms with Crippen LogP contribution in [0.15, 0.2) is 30.5 Å². The van der Waals surface area contributed by atoms with Gasteiger partial charge in [0.05, 0.1) is 6.04 Å². The van der Waals surface area contributed by atoms with Crippen molar-refractivity contribution in [3.63, 3.8) is 0 Å². The zero-order chi connectivity index (χ0) is 15.9. The highest BCUT2D eigenvalue weighted by molar-refractivity contribution is 5.84. The molecule has 1 aliphatic heterocycles. The van der Waals surface area contributed by atoms with E-state index in [0.717, 1.165) is 29.6 Å². The van der Waals surface area contributed by atoms with Gasteiger partial charge in [0.2, 0.25) is 0 Å². The summed E-state index contributed by atoms with van der Waals surface area (Å²) < 4.78 is 0. The van der Waals surface area contributed by atoms with Gasteiger partial charge in [0.1, 0.15) is 0 Å². The molecule has 1 aliphatic rings. The highest BCUT2D eigenvalue weighted by Gasteiger charge is 2.36. The lowest BCUT2D eigenvalue weighted by Gasteiger charge is -2.46. The second kappa shape index (κ2) is 5.32. The van der Waals surface area contributed by atoms with Gasteiger partial charge in [-0.1, -0.05) is 12.1 Å². The zero-order valence-electron chi connectivity index (χ0n) is 13.3. The monoisotopic (exact) mass is 301 g/mol. The molecule has 2 aromatic rings. The van der Waals surface area contributed by atoms with Crippen LogP contribution < -0.4 is 0 Å². The molecule has 3 rings (SSSR count). The number of aromatic nitrogens is 1. The van der Waals surface area contributed by atoms with E-state index in [1.807, 2.05) is 30.5 Å². The Bertz CT molecular complexity index is 687. The van der Waals surface area contributed by atoms with Gasteiger partial charge in [0.15, 0.2) is 0 Å². The predicted molar refractivity (Wildman–Crippen MR) is 87.1 cm³/mol. The van der Waals surface area contributed by atoms with Crippen molar-refractivity contribution in [2.45, 2.75) is 32.4 Å². The summed E-state index contributed by atoms with van der Waals surface area (Å²) in [5, 5.41) is 10.7. The lowest BCUT2D eigenvalue weighted by Crippen LogP contribution is -2.55. The molecule has 0 spiro atoms. The van der Waals surface area contributed by atoms with Crippen molar-refractivity contribution in [2.24, 2.45) is 0 Å². The minimum Gasteiger partial charge on any atom is -0.465 e. The number of nitrogens with zero attached hydrogens (tertiary/aromatic N) is 2. The van der Waals surface area contributed by atoms with Gasteiger partial charge in [0.25, 0.3) is 0 Å². The first-order valence-corrected chi connectivity index (χ1v) is 7.68. The van der Waals surface area contributed by atoms with Crippen LogP contribution in [0.5, 0.6) is 0 Å². The number of H-pyrrole nitrogens is 1. The molecule has 1 unspecified atom stereocenters. The second-order valence-electron chi connectivity index (χ2n) is 6.89. The molecule has 2 heterocycles. The molecular formula is C17H23N3O2. The standard InChI is InChI=1S/C17H23N3O2/c1-17(2,3)19-9-10-20(16(21)22)15(11-19)13-5-4-6-14-12(13)7-8-18-14/h4-8,15,18H,9-11H2,1-3H3,(H,21,22). The summed E-state index contributed by atoms with van der Waals surface area (Å²) in [6.07, 6.45) is 1.06. The Morgan fingerprint density at radius 1 is 1.27 bits per heavy atom. The van der Waals surface area contributed by atoms with E-state index in [0.29, 0.717) is 6.54 Å². The maximum absolute atomic E-state index is 11.7. The molecule has 0 bridgehead atoms. The average Bonchev–Trinajstić information content (AvgIpc) is 2.93. The van der Waals surface area contributed by atoms with E-state index in [4.69, 9.17) is 0 Å². The summed E-state index contributed by atoms with van der Waals surface area (Å²) >= 11 is 0. The highest BCUT2D eigenvalue weighted by Crippen LogP contribution is 2.33. The third-order valence-corrected chi connectivity index (χ3v) is 4.56. The largest absolute Gasteiger partial charge is 0.465 e. The minimum absolute atomic E-state index is 0.0366. The van der Waals surface area contributed by atoms with Crippen molar-refractivity contribution >= 4 is 17.0 Å². The Morgan fingerprint density at radius 3 is 2.73 bits per heavy atom. The number of hydrogen-bond acceptors (Lipinski definition) is 2. The molecule has 1 amide bonds. The third-order valence-electron chi connectivity index (χ3n) is 4.56. The summed E-state index contributed by atoms with van der Waals surface area (Å²) in [6, 6.07) is 7.95. The number of carbonyl (C=O) groups is 1. The van der Waals surface area contributed by atoms with E-state index in [1.54, 1.807) is 4.90 Å². The van der Waals surface area contributed by atoms with Crippen LogP contribution in [-0.2, 0) is 0 Å². The molecule has 0 radical (unpaired) electrons. The van der Waals surface area contributed by atoms with Gasteiger partial charge < -0.3 is 10.1 Å². The van der Waals surface area contributed by atoms with Crippen molar-refractivity contribution in [1.29, 1.82) is 0 Å². The Hall–Kier alpha value is -2.01. The first kappa shape index (κ1) is 14.9. The molecular weight excluding hydrogens is 278 g/mol. The average molecular weight is 301 g/mol. The lowest BCUT2D eigenvalue weighted by molar-refractivity contribution is 0.0254. The molecule has 0 aliphatic carbocycles. The number of carboxylic acid groups (broad SMARTS) is 1. The van der Waals surface area contributed by atoms with Crippen LogP contribution in [0.3, 0.4) is 0 Å². The predicted octanol–water partition coefficient (Wildman–Crippen LogP) is 3.30. The van der Waals surface area contributed by atoms with Gasteiger partial charge in [-0.3, -0.25) is 9.80 Å². The number of rotatable bonds is 1. The number of nitrogens with one attached hydrogen (secondary N) is 1. The second-order valence-corrected chi connectivity index (χ2v) is 6.89. The number of benzene rings is 1. The van der Waals surface area contributed by atoms with Crippen molar-refractivity contribution in [3.05, 3.63) is 36.0 Å². The molecule has 5 heteroatoms. The Labute approximate surface area is 130 Å². The first-order valence-electron chi connectivity index (χ1n) is 7.68. The molecule has 22 heavy (non-hydrogen) atoms. The molecule has 1 aromatic heterocycles. The van der Waals surface area contributed by atoms with Gasteiger partial charge in [-0.2, -0.15) is 0 Å². The van der Waals surface area contributed by atoms with Crippen LogP contribution in [0, 0.1) is 0 Å². The van der Waals surface area contributed by atoms with E-state index in [1.165, 1.54) is 0 Å². The molecule has 1 aromatic carbocycles. The van der Waals surface area contributed by atoms with Crippen LogP contribution in [0.1, 0.15) is 32.4 Å². The fraction of sp³-hybridized carbons (Fsp3) is 0.471. The molecule has 5 nitrogen and oxygen atoms in total. The minimum atomic E-state index is -0.842. The zero-order valence-corrected chi connectivity index (χ0v) is 13.3. The van der Waals surface area contributed by atoms with Crippen molar-refractivity contribution in [1.82, 2.24) is 14.8 Å². The normalized spacial score (nSPS) is 20.5. The van der Waals surface area contributed by atoms with Crippen molar-refractivity contribution in [3.8, 4) is 0 Å². The van der Waals surface area contributed by atoms with Crippen LogP contribution in [-0.4, -0.2) is 51.2 Å². The molecule has 1 atom stereocenters. The SMILES string of the molecule is CC(C)(C)N1CCN(C(=O)O)C(c2cccc3[nH]ccc23)C1. The maximum atomic E-state index is 11.7. The summed E-state index contributed by atoms with van der Waals surface area (Å²) in [5.74, 6) is 0. The third kappa shape index (κ3) is 2.57. The first-order chi connectivity index (χ1) is 10.4. The highest BCUT2D eigenvalue weighted by atomic mass is 16.4. The Balaban J connectivity index is 2.03. The number of fused-ring (bicyclic) bond motifs is 1. The van der Waals surface area contributed by atoms with Gasteiger partial charge in [-0.25, -0.2) is 4.79 Å². The van der Waals surface area contributed by atoms with E-state index < -0.39 is 6.09 Å². The van der Waals surface area contributed by atoms with E-state index >= 15 is 0 Å². The van der Waals surface area contributed by atoms with Gasteiger partial charge in [0, 0.05) is 42.3 Å². The van der Waals surface area contributed by atoms with Gasteiger partial charge in [-0.15, -0.1) is 0 Å². The summed E-state index contributed by atoms with van der Waals surface area (Å²) in [7, 11) is 0. The summed E-state index contributed by atoms with van der Waals surface area (Å²) in [4.78, 5) is 18.8. The topological polar surface area (TPSA) is 59.6 Å². The van der Waals surface area contributed by atoms with E-state index in [2.05, 4.69) is 30.7 Å². The van der Waals surface area contributed by atoms with E-state index in [9.17, 15) is 9.90 Å². The molecule has 0 saturated carbocycles. The fourth-order valence-corrected chi connectivity index (χ4v) is 3.29. The number of aromatic amines is 1. The smallest absolute Gasteiger partial charge is 0.407 e. The lowest BCUT2D eigenvalue weighted by atomic mass is 9.96. The Kier molecular flexibility index (Phi) is 3.60. The van der Waals surface area contributed by atoms with Crippen molar-refractivity contribution in [2.75, 3.05) is 19.6 Å². The van der Waals surface area contributed by atoms with Crippen LogP contribution in [0.4, 0.5) is 4.79 Å². The summed E-state index contributed by atoms with van der Waals surface area (Å²) in [5.41, 5.74) is 2.17. The van der Waals surface area contributed by atoms with Gasteiger partial charge in [-0.05, 0) is 38.5 Å². The van der Waals surface area contributed by atoms with Crippen LogP contribution in [0.25, 0.3) is 10.9 Å². The van der Waals surface area contributed by atoms with Crippen molar-refractivity contribution < 1.29 is 9.90 Å². The Morgan fingerprint density at radius 2 is 2.05 bits per heavy atom. The van der Waals surface area contributed by atoms with Crippen LogP contribution in [0.2, 0.25) is 0 Å². The molecule has 2 N–H and O–H groups in total. The number of hydrogen-bond donors (Lipinski definition) is 2. The van der Waals surface area contributed by atoms with E-state index in [-0.39, 0.29) is 11.6 Å². The number of piperazine rings is 1. The molecule has 118 valence electrons. The molecule has 1 saturated heterocycles. The quantitative estimate of drug-likeness (QED) is 0.849. The summed E-state index contributed by atoms with van der Waals surface area (Å²) in [6.45, 7) is 8.57. The maximum Gasteiger partial charge on any atom is 0.407 e. The molecule has 1 fully saturated rings. The van der Waals surface area contributed by atoms with Crippen LogP contribution >= 0.6 is 0 Å².